The number of nitrogens with one attached hydrogen (secondary N) is 3. The van der Waals surface area contributed by atoms with E-state index in [1.807, 2.05) is 13.8 Å². The molecule has 0 aromatic heterocycles. The minimum Gasteiger partial charge on any atom is -0.348 e. The molecule has 3 amide bonds. The fourth-order valence-electron chi connectivity index (χ4n) is 3.42. The van der Waals surface area contributed by atoms with Gasteiger partial charge in [-0.25, -0.2) is 13.2 Å². The lowest BCUT2D eigenvalue weighted by atomic mass is 9.98. The van der Waals surface area contributed by atoms with Gasteiger partial charge in [0, 0.05) is 19.6 Å². The van der Waals surface area contributed by atoms with Crippen molar-refractivity contribution in [1.29, 1.82) is 0 Å². The number of urea groups is 1. The predicted octanol–water partition coefficient (Wildman–Crippen LogP) is 0.405. The average molecular weight is 375 g/mol. The third-order valence-corrected chi connectivity index (χ3v) is 6.66. The predicted molar refractivity (Wildman–Crippen MR) is 95.5 cm³/mol. The van der Waals surface area contributed by atoms with Crippen LogP contribution in [0.1, 0.15) is 46.5 Å². The molecule has 144 valence electrons. The summed E-state index contributed by atoms with van der Waals surface area (Å²) in [6, 6.07) is -1.35. The minimum absolute atomic E-state index is 0.0243. The molecule has 0 aromatic carbocycles. The molecule has 1 unspecified atom stereocenters. The third-order valence-electron chi connectivity index (χ3n) is 4.87. The molecule has 0 bridgehead atoms. The fraction of sp³-hybridized carbons (Fsp3) is 0.875. The van der Waals surface area contributed by atoms with Crippen LogP contribution in [0.3, 0.4) is 0 Å². The van der Waals surface area contributed by atoms with E-state index in [0.29, 0.717) is 6.54 Å². The van der Waals surface area contributed by atoms with Crippen molar-refractivity contribution in [2.24, 2.45) is 5.92 Å². The van der Waals surface area contributed by atoms with Crippen LogP contribution in [0.4, 0.5) is 4.79 Å². The third kappa shape index (κ3) is 5.07. The van der Waals surface area contributed by atoms with E-state index in [1.54, 1.807) is 6.92 Å². The first-order valence-electron chi connectivity index (χ1n) is 9.02. The lowest BCUT2D eigenvalue weighted by Gasteiger charge is -2.32. The molecule has 0 radical (unpaired) electrons. The van der Waals surface area contributed by atoms with Gasteiger partial charge in [0.15, 0.2) is 0 Å². The average Bonchev–Trinajstić information content (AvgIpc) is 2.93. The van der Waals surface area contributed by atoms with Crippen LogP contribution >= 0.6 is 0 Å². The number of sulfonamides is 1. The number of carbonyl (C=O) groups is 2. The summed E-state index contributed by atoms with van der Waals surface area (Å²) in [4.78, 5) is 24.7. The van der Waals surface area contributed by atoms with Gasteiger partial charge in [-0.1, -0.05) is 26.7 Å². The van der Waals surface area contributed by atoms with E-state index in [-0.39, 0.29) is 30.7 Å². The summed E-state index contributed by atoms with van der Waals surface area (Å²) < 4.78 is 26.3. The van der Waals surface area contributed by atoms with Crippen LogP contribution in [0.15, 0.2) is 0 Å². The molecule has 2 aliphatic rings. The van der Waals surface area contributed by atoms with Gasteiger partial charge in [-0.3, -0.25) is 4.79 Å². The Morgan fingerprint density at radius 2 is 2.00 bits per heavy atom. The van der Waals surface area contributed by atoms with Crippen molar-refractivity contribution in [1.82, 2.24) is 20.3 Å². The number of hydrogen-bond acceptors (Lipinski definition) is 4. The molecule has 2 rings (SSSR count). The van der Waals surface area contributed by atoms with E-state index in [2.05, 4.69) is 16.0 Å². The maximum atomic E-state index is 12.6. The Morgan fingerprint density at radius 3 is 2.56 bits per heavy atom. The van der Waals surface area contributed by atoms with Crippen LogP contribution in [-0.4, -0.2) is 61.6 Å². The normalized spacial score (nSPS) is 24.2. The molecule has 1 atom stereocenters. The van der Waals surface area contributed by atoms with Gasteiger partial charge in [0.1, 0.15) is 6.04 Å². The lowest BCUT2D eigenvalue weighted by Crippen LogP contribution is -2.55. The quantitative estimate of drug-likeness (QED) is 0.647. The first kappa shape index (κ1) is 20.0. The van der Waals surface area contributed by atoms with E-state index in [0.717, 1.165) is 25.7 Å². The monoisotopic (exact) mass is 374 g/mol. The molecule has 1 saturated heterocycles. The van der Waals surface area contributed by atoms with Gasteiger partial charge in [0.2, 0.25) is 15.9 Å². The lowest BCUT2D eigenvalue weighted by molar-refractivity contribution is -0.123. The summed E-state index contributed by atoms with van der Waals surface area (Å²) in [5.41, 5.74) is -0.510. The van der Waals surface area contributed by atoms with Crippen LogP contribution < -0.4 is 16.0 Å². The molecular weight excluding hydrogens is 344 g/mol. The summed E-state index contributed by atoms with van der Waals surface area (Å²) >= 11 is 0. The number of hydrogen-bond donors (Lipinski definition) is 3. The van der Waals surface area contributed by atoms with Gasteiger partial charge >= 0.3 is 6.03 Å². The largest absolute Gasteiger partial charge is 0.348 e. The second-order valence-corrected chi connectivity index (χ2v) is 9.73. The Morgan fingerprint density at radius 1 is 1.36 bits per heavy atom. The van der Waals surface area contributed by atoms with Gasteiger partial charge in [0.05, 0.1) is 11.3 Å². The maximum absolute atomic E-state index is 12.6. The van der Waals surface area contributed by atoms with Crippen molar-refractivity contribution in [3.63, 3.8) is 0 Å². The van der Waals surface area contributed by atoms with Crippen LogP contribution in [-0.2, 0) is 14.8 Å². The molecule has 8 nitrogen and oxygen atoms in total. The van der Waals surface area contributed by atoms with E-state index >= 15 is 0 Å². The smallest absolute Gasteiger partial charge is 0.315 e. The summed E-state index contributed by atoms with van der Waals surface area (Å²) in [6.45, 7) is 6.27. The molecule has 9 heteroatoms. The molecule has 25 heavy (non-hydrogen) atoms. The van der Waals surface area contributed by atoms with Gasteiger partial charge in [-0.2, -0.15) is 4.31 Å². The van der Waals surface area contributed by atoms with E-state index in [4.69, 9.17) is 0 Å². The zero-order chi connectivity index (χ0) is 18.7. The van der Waals surface area contributed by atoms with Crippen LogP contribution in [0.25, 0.3) is 0 Å². The maximum Gasteiger partial charge on any atom is 0.315 e. The van der Waals surface area contributed by atoms with E-state index in [1.165, 1.54) is 4.31 Å². The first-order valence-corrected chi connectivity index (χ1v) is 10.6. The SMILES string of the molecule is CCS(=O)(=O)N1CC(NC(=O)NCC(C)C)C(=O)NC2(CCCC2)C1. The number of rotatable bonds is 5. The van der Waals surface area contributed by atoms with Crippen LogP contribution in [0, 0.1) is 5.92 Å². The van der Waals surface area contributed by atoms with Crippen molar-refractivity contribution < 1.29 is 18.0 Å². The van der Waals surface area contributed by atoms with Gasteiger partial charge in [-0.05, 0) is 25.7 Å². The molecule has 1 saturated carbocycles. The summed E-state index contributed by atoms with van der Waals surface area (Å²) in [6.07, 6.45) is 3.46. The zero-order valence-corrected chi connectivity index (χ0v) is 16.1. The number of amides is 3. The summed E-state index contributed by atoms with van der Waals surface area (Å²) in [5, 5.41) is 8.34. The first-order chi connectivity index (χ1) is 11.7. The van der Waals surface area contributed by atoms with Crippen LogP contribution in [0.2, 0.25) is 0 Å². The molecule has 0 aromatic rings. The molecule has 1 aliphatic heterocycles. The Kier molecular flexibility index (Phi) is 6.31. The van der Waals surface area contributed by atoms with Crippen LogP contribution in [0.5, 0.6) is 0 Å². The van der Waals surface area contributed by atoms with Crippen molar-refractivity contribution in [3.05, 3.63) is 0 Å². The second kappa shape index (κ2) is 7.90. The Bertz CT molecular complexity index is 599. The highest BCUT2D eigenvalue weighted by molar-refractivity contribution is 7.89. The standard InChI is InChI=1S/C16H30N4O4S/c1-4-25(23,24)20-10-13(18-15(22)17-9-12(2)3)14(21)19-16(11-20)7-5-6-8-16/h12-13H,4-11H2,1-3H3,(H,19,21)(H2,17,18,22). The second-order valence-electron chi connectivity index (χ2n) is 7.47. The van der Waals surface area contributed by atoms with Gasteiger partial charge < -0.3 is 16.0 Å². The highest BCUT2D eigenvalue weighted by Crippen LogP contribution is 2.32. The van der Waals surface area contributed by atoms with Crippen molar-refractivity contribution in [2.75, 3.05) is 25.4 Å². The zero-order valence-electron chi connectivity index (χ0n) is 15.3. The van der Waals surface area contributed by atoms with E-state index in [9.17, 15) is 18.0 Å². The summed E-state index contributed by atoms with van der Waals surface area (Å²) in [7, 11) is -3.46. The fourth-order valence-corrected chi connectivity index (χ4v) is 4.61. The van der Waals surface area contributed by atoms with Crippen molar-refractivity contribution in [3.8, 4) is 0 Å². The molecular formula is C16H30N4O4S. The molecule has 3 N–H and O–H groups in total. The van der Waals surface area contributed by atoms with E-state index < -0.39 is 27.6 Å². The van der Waals surface area contributed by atoms with Crippen molar-refractivity contribution >= 4 is 22.0 Å². The Balaban J connectivity index is 2.16. The molecule has 1 aliphatic carbocycles. The number of nitrogens with zero attached hydrogens (tertiary/aromatic N) is 1. The topological polar surface area (TPSA) is 108 Å². The number of carbonyl (C=O) groups excluding carboxylic acids is 2. The van der Waals surface area contributed by atoms with Crippen molar-refractivity contribution in [2.45, 2.75) is 58.0 Å². The van der Waals surface area contributed by atoms with Gasteiger partial charge in [0.25, 0.3) is 0 Å². The Hall–Kier alpha value is -1.35. The minimum atomic E-state index is -3.46. The highest BCUT2D eigenvalue weighted by atomic mass is 32.2. The van der Waals surface area contributed by atoms with Gasteiger partial charge in [-0.15, -0.1) is 0 Å². The highest BCUT2D eigenvalue weighted by Gasteiger charge is 2.44. The molecule has 1 spiro atoms. The molecule has 1 heterocycles. The molecule has 2 fully saturated rings. The Labute approximate surface area is 150 Å². The summed E-state index contributed by atoms with van der Waals surface area (Å²) in [5.74, 6) is -0.0494.